The summed E-state index contributed by atoms with van der Waals surface area (Å²) < 4.78 is 7.09. The van der Waals surface area contributed by atoms with E-state index in [4.69, 9.17) is 0 Å². The fourth-order valence-corrected chi connectivity index (χ4v) is 7.70. The average Bonchev–Trinajstić information content (AvgIpc) is 3.77. The number of para-hydroxylation sites is 4. The minimum absolute atomic E-state index is 0.645. The van der Waals surface area contributed by atoms with E-state index in [-0.39, 0.29) is 0 Å². The van der Waals surface area contributed by atoms with E-state index < -0.39 is 0 Å². The molecule has 7 aromatic carbocycles. The number of nitrogens with zero attached hydrogens (tertiary/aromatic N) is 4. The van der Waals surface area contributed by atoms with E-state index in [0.29, 0.717) is 5.56 Å². The second-order valence-electron chi connectivity index (χ2n) is 12.1. The van der Waals surface area contributed by atoms with Gasteiger partial charge in [-0.1, -0.05) is 84.9 Å². The highest BCUT2D eigenvalue weighted by atomic mass is 15.0. The van der Waals surface area contributed by atoms with Gasteiger partial charge in [-0.05, 0) is 72.8 Å². The van der Waals surface area contributed by atoms with Gasteiger partial charge in [-0.2, -0.15) is 5.26 Å². The average molecular weight is 599 g/mol. The third-order valence-electron chi connectivity index (χ3n) is 9.64. The van der Waals surface area contributed by atoms with E-state index in [1.807, 2.05) is 12.1 Å². The lowest BCUT2D eigenvalue weighted by Gasteiger charge is -2.11. The summed E-state index contributed by atoms with van der Waals surface area (Å²) in [6, 6.07) is 58.2. The third-order valence-corrected chi connectivity index (χ3v) is 9.64. The summed E-state index contributed by atoms with van der Waals surface area (Å²) in [6.07, 6.45) is 0. The monoisotopic (exact) mass is 598 g/mol. The van der Waals surface area contributed by atoms with Crippen LogP contribution in [0.4, 0.5) is 0 Å². The number of hydrogen-bond acceptors (Lipinski definition) is 1. The first-order valence-corrected chi connectivity index (χ1v) is 15.8. The topological polar surface area (TPSA) is 38.6 Å². The standard InChI is InChI=1S/C43H26N4/c44-27-28-19-21-33-34-22-24-40-42(35-16-8-10-18-38(35)46(40)30-13-5-2-6-14-30)43(34)47(41(33)25-28)31-20-23-39-36(26-31)32-15-7-9-17-37(32)45(39)29-11-3-1-4-12-29/h1-26H. The maximum Gasteiger partial charge on any atom is 0.0992 e. The van der Waals surface area contributed by atoms with E-state index in [1.54, 1.807) is 0 Å². The van der Waals surface area contributed by atoms with Crippen LogP contribution in [0.1, 0.15) is 5.56 Å². The summed E-state index contributed by atoms with van der Waals surface area (Å²) in [4.78, 5) is 0. The van der Waals surface area contributed by atoms with Crippen LogP contribution in [0.3, 0.4) is 0 Å². The molecule has 47 heavy (non-hydrogen) atoms. The number of fused-ring (bicyclic) bond motifs is 10. The summed E-state index contributed by atoms with van der Waals surface area (Å²) in [7, 11) is 0. The zero-order valence-corrected chi connectivity index (χ0v) is 25.3. The quantitative estimate of drug-likeness (QED) is 0.199. The molecule has 0 aliphatic heterocycles. The van der Waals surface area contributed by atoms with Crippen LogP contribution in [-0.2, 0) is 0 Å². The molecule has 0 spiro atoms. The lowest BCUT2D eigenvalue weighted by atomic mass is 10.1. The van der Waals surface area contributed by atoms with E-state index in [2.05, 4.69) is 165 Å². The number of rotatable bonds is 3. The molecule has 3 heterocycles. The first-order valence-electron chi connectivity index (χ1n) is 15.8. The van der Waals surface area contributed by atoms with Crippen LogP contribution in [0.15, 0.2) is 158 Å². The van der Waals surface area contributed by atoms with E-state index >= 15 is 0 Å². The summed E-state index contributed by atoms with van der Waals surface area (Å²) >= 11 is 0. The van der Waals surface area contributed by atoms with Crippen LogP contribution in [-0.4, -0.2) is 13.7 Å². The van der Waals surface area contributed by atoms with E-state index in [0.717, 1.165) is 50.0 Å². The van der Waals surface area contributed by atoms with Crippen molar-refractivity contribution < 1.29 is 0 Å². The SMILES string of the molecule is N#Cc1ccc2c3ccc4c(c5ccccc5n4-c4ccccc4)c3n(-c3ccc4c(c3)c3ccccc3n4-c3ccccc3)c2c1. The molecule has 4 heteroatoms. The first kappa shape index (κ1) is 25.7. The van der Waals surface area contributed by atoms with Crippen molar-refractivity contribution >= 4 is 65.4 Å². The normalized spacial score (nSPS) is 11.8. The van der Waals surface area contributed by atoms with Crippen molar-refractivity contribution in [1.82, 2.24) is 13.7 Å². The highest BCUT2D eigenvalue weighted by Gasteiger charge is 2.22. The number of benzene rings is 7. The number of hydrogen-bond donors (Lipinski definition) is 0. The van der Waals surface area contributed by atoms with Gasteiger partial charge in [-0.3, -0.25) is 0 Å². The number of nitriles is 1. The molecule has 4 nitrogen and oxygen atoms in total. The lowest BCUT2D eigenvalue weighted by Crippen LogP contribution is -1.96. The van der Waals surface area contributed by atoms with Crippen molar-refractivity contribution in [2.24, 2.45) is 0 Å². The van der Waals surface area contributed by atoms with Crippen LogP contribution < -0.4 is 0 Å². The molecule has 0 saturated carbocycles. The Morgan fingerprint density at radius 2 is 0.915 bits per heavy atom. The predicted octanol–water partition coefficient (Wildman–Crippen LogP) is 10.8. The zero-order chi connectivity index (χ0) is 31.1. The molecule has 0 aliphatic rings. The molecule has 0 aliphatic carbocycles. The summed E-state index contributed by atoms with van der Waals surface area (Å²) in [6.45, 7) is 0. The van der Waals surface area contributed by atoms with Crippen molar-refractivity contribution in [2.75, 3.05) is 0 Å². The van der Waals surface area contributed by atoms with Gasteiger partial charge in [-0.25, -0.2) is 0 Å². The van der Waals surface area contributed by atoms with Gasteiger partial charge in [0, 0.05) is 49.4 Å². The van der Waals surface area contributed by atoms with E-state index in [9.17, 15) is 5.26 Å². The van der Waals surface area contributed by atoms with Crippen molar-refractivity contribution in [2.45, 2.75) is 0 Å². The Morgan fingerprint density at radius 3 is 1.64 bits per heavy atom. The van der Waals surface area contributed by atoms with Crippen molar-refractivity contribution in [3.8, 4) is 23.1 Å². The Morgan fingerprint density at radius 1 is 0.362 bits per heavy atom. The Balaban J connectivity index is 1.38. The van der Waals surface area contributed by atoms with Crippen LogP contribution in [0, 0.1) is 11.3 Å². The van der Waals surface area contributed by atoms with Gasteiger partial charge in [0.25, 0.3) is 0 Å². The Kier molecular flexibility index (Phi) is 5.32. The van der Waals surface area contributed by atoms with E-state index in [1.165, 1.54) is 32.4 Å². The largest absolute Gasteiger partial charge is 0.309 e. The van der Waals surface area contributed by atoms with Crippen LogP contribution >= 0.6 is 0 Å². The van der Waals surface area contributed by atoms with Crippen molar-refractivity contribution in [3.63, 3.8) is 0 Å². The molecule has 0 atom stereocenters. The molecule has 0 radical (unpaired) electrons. The Labute approximate surface area is 270 Å². The Hall–Kier alpha value is -6.57. The highest BCUT2D eigenvalue weighted by molar-refractivity contribution is 6.26. The van der Waals surface area contributed by atoms with Crippen LogP contribution in [0.5, 0.6) is 0 Å². The molecule has 3 aromatic heterocycles. The molecule has 0 saturated heterocycles. The fourth-order valence-electron chi connectivity index (χ4n) is 7.70. The second kappa shape index (κ2) is 9.71. The molecule has 218 valence electrons. The maximum atomic E-state index is 9.98. The molecule has 10 aromatic rings. The minimum atomic E-state index is 0.645. The smallest absolute Gasteiger partial charge is 0.0992 e. The zero-order valence-electron chi connectivity index (χ0n) is 25.3. The molecule has 0 fully saturated rings. The van der Waals surface area contributed by atoms with Crippen LogP contribution in [0.25, 0.3) is 82.5 Å². The van der Waals surface area contributed by atoms with Crippen molar-refractivity contribution in [1.29, 1.82) is 5.26 Å². The predicted molar refractivity (Wildman–Crippen MR) is 194 cm³/mol. The van der Waals surface area contributed by atoms with Gasteiger partial charge in [0.15, 0.2) is 0 Å². The summed E-state index contributed by atoms with van der Waals surface area (Å²) in [5.41, 5.74) is 10.8. The van der Waals surface area contributed by atoms with Gasteiger partial charge >= 0.3 is 0 Å². The van der Waals surface area contributed by atoms with Gasteiger partial charge in [0.2, 0.25) is 0 Å². The summed E-state index contributed by atoms with van der Waals surface area (Å²) in [5, 5.41) is 17.1. The third kappa shape index (κ3) is 3.57. The molecular formula is C43H26N4. The van der Waals surface area contributed by atoms with Gasteiger partial charge < -0.3 is 13.7 Å². The molecule has 0 N–H and O–H groups in total. The van der Waals surface area contributed by atoms with Crippen LogP contribution in [0.2, 0.25) is 0 Å². The molecular weight excluding hydrogens is 573 g/mol. The van der Waals surface area contributed by atoms with Gasteiger partial charge in [-0.15, -0.1) is 0 Å². The highest BCUT2D eigenvalue weighted by Crippen LogP contribution is 2.43. The molecule has 10 rings (SSSR count). The second-order valence-corrected chi connectivity index (χ2v) is 12.1. The number of aromatic nitrogens is 3. The lowest BCUT2D eigenvalue weighted by molar-refractivity contribution is 1.16. The maximum absolute atomic E-state index is 9.98. The first-order chi connectivity index (χ1) is 23.3. The fraction of sp³-hybridized carbons (Fsp3) is 0. The van der Waals surface area contributed by atoms with Gasteiger partial charge in [0.05, 0.1) is 44.7 Å². The minimum Gasteiger partial charge on any atom is -0.309 e. The van der Waals surface area contributed by atoms with Gasteiger partial charge in [0.1, 0.15) is 0 Å². The molecule has 0 unspecified atom stereocenters. The van der Waals surface area contributed by atoms with Crippen molar-refractivity contribution in [3.05, 3.63) is 163 Å². The molecule has 0 amide bonds. The Bertz CT molecular complexity index is 2900. The molecule has 0 bridgehead atoms. The summed E-state index contributed by atoms with van der Waals surface area (Å²) in [5.74, 6) is 0.